The van der Waals surface area contributed by atoms with Gasteiger partial charge in [-0.15, -0.1) is 0 Å². The van der Waals surface area contributed by atoms with Gasteiger partial charge < -0.3 is 14.6 Å². The molecule has 0 atom stereocenters. The van der Waals surface area contributed by atoms with Gasteiger partial charge in [-0.05, 0) is 24.3 Å². The summed E-state index contributed by atoms with van der Waals surface area (Å²) >= 11 is 5.86. The summed E-state index contributed by atoms with van der Waals surface area (Å²) in [5, 5.41) is 23.3. The lowest BCUT2D eigenvalue weighted by molar-refractivity contribution is 0.450. The molecule has 0 saturated heterocycles. The van der Waals surface area contributed by atoms with Gasteiger partial charge in [-0.25, -0.2) is 5.43 Å². The van der Waals surface area contributed by atoms with Crippen LogP contribution in [0.15, 0.2) is 45.9 Å². The molecule has 2 aromatic carbocycles. The molecule has 1 heterocycles. The molecule has 0 saturated carbocycles. The van der Waals surface area contributed by atoms with Gasteiger partial charge >= 0.3 is 6.01 Å². The molecule has 0 aliphatic rings. The molecular weight excluding hydrogens is 294 g/mol. The molecule has 6 nitrogen and oxygen atoms in total. The van der Waals surface area contributed by atoms with Crippen LogP contribution in [0.4, 0.5) is 6.01 Å². The number of nitrogens with one attached hydrogen (secondary N) is 1. The third kappa shape index (κ3) is 2.90. The number of fused-ring (bicyclic) bond motifs is 1. The van der Waals surface area contributed by atoms with Gasteiger partial charge in [0.1, 0.15) is 17.0 Å². The number of anilines is 1. The van der Waals surface area contributed by atoms with Crippen molar-refractivity contribution in [1.82, 2.24) is 4.98 Å². The number of oxazole rings is 1. The van der Waals surface area contributed by atoms with Crippen molar-refractivity contribution in [1.29, 1.82) is 0 Å². The van der Waals surface area contributed by atoms with Crippen molar-refractivity contribution in [3.63, 3.8) is 0 Å². The fourth-order valence-electron chi connectivity index (χ4n) is 1.74. The van der Waals surface area contributed by atoms with Crippen LogP contribution in [0.5, 0.6) is 11.5 Å². The number of hydrazone groups is 1. The molecule has 0 spiro atoms. The van der Waals surface area contributed by atoms with Gasteiger partial charge in [-0.2, -0.15) is 10.1 Å². The number of phenols is 2. The third-order valence-corrected chi connectivity index (χ3v) is 2.96. The molecule has 0 aliphatic heterocycles. The Bertz CT molecular complexity index is 829. The van der Waals surface area contributed by atoms with E-state index in [1.807, 2.05) is 0 Å². The van der Waals surface area contributed by atoms with Crippen molar-refractivity contribution < 1.29 is 14.6 Å². The van der Waals surface area contributed by atoms with E-state index in [9.17, 15) is 10.2 Å². The first kappa shape index (κ1) is 13.3. The first-order chi connectivity index (χ1) is 10.1. The highest BCUT2D eigenvalue weighted by atomic mass is 35.5. The van der Waals surface area contributed by atoms with E-state index >= 15 is 0 Å². The number of hydrogen-bond donors (Lipinski definition) is 3. The molecule has 106 valence electrons. The molecule has 0 unspecified atom stereocenters. The average Bonchev–Trinajstić information content (AvgIpc) is 2.83. The number of phenolic OH excluding ortho intramolecular Hbond substituents is 2. The quantitative estimate of drug-likeness (QED) is 0.510. The van der Waals surface area contributed by atoms with Gasteiger partial charge in [-0.1, -0.05) is 11.6 Å². The van der Waals surface area contributed by atoms with Crippen molar-refractivity contribution in [2.75, 3.05) is 5.43 Å². The fourth-order valence-corrected chi connectivity index (χ4v) is 1.91. The normalized spacial score (nSPS) is 11.3. The lowest BCUT2D eigenvalue weighted by Crippen LogP contribution is -1.90. The average molecular weight is 304 g/mol. The van der Waals surface area contributed by atoms with Crippen molar-refractivity contribution >= 4 is 34.9 Å². The highest BCUT2D eigenvalue weighted by Crippen LogP contribution is 2.23. The fraction of sp³-hybridized carbons (Fsp3) is 0. The maximum absolute atomic E-state index is 9.60. The molecule has 0 aliphatic carbocycles. The van der Waals surface area contributed by atoms with Crippen LogP contribution in [-0.4, -0.2) is 21.4 Å². The summed E-state index contributed by atoms with van der Waals surface area (Å²) in [6.45, 7) is 0. The smallest absolute Gasteiger partial charge is 0.316 e. The second-order valence-corrected chi connectivity index (χ2v) is 4.68. The summed E-state index contributed by atoms with van der Waals surface area (Å²) in [7, 11) is 0. The van der Waals surface area contributed by atoms with E-state index in [0.717, 1.165) is 0 Å². The molecule has 0 bridgehead atoms. The highest BCUT2D eigenvalue weighted by Gasteiger charge is 2.05. The lowest BCUT2D eigenvalue weighted by Gasteiger charge is -1.98. The number of hydrogen-bond acceptors (Lipinski definition) is 6. The molecular formula is C14H10ClN3O3. The third-order valence-electron chi connectivity index (χ3n) is 2.73. The Labute approximate surface area is 124 Å². The second-order valence-electron chi connectivity index (χ2n) is 4.24. The number of halogens is 1. The van der Waals surface area contributed by atoms with Gasteiger partial charge in [0.15, 0.2) is 5.58 Å². The summed E-state index contributed by atoms with van der Waals surface area (Å²) in [6, 6.07) is 9.52. The summed E-state index contributed by atoms with van der Waals surface area (Å²) < 4.78 is 5.41. The maximum atomic E-state index is 9.60. The minimum Gasteiger partial charge on any atom is -0.508 e. The van der Waals surface area contributed by atoms with Crippen molar-refractivity contribution in [2.45, 2.75) is 0 Å². The number of aromatic hydroxyl groups is 2. The van der Waals surface area contributed by atoms with Crippen LogP contribution in [0.3, 0.4) is 0 Å². The van der Waals surface area contributed by atoms with Gasteiger partial charge in [0, 0.05) is 22.7 Å². The zero-order valence-electron chi connectivity index (χ0n) is 10.6. The van der Waals surface area contributed by atoms with E-state index in [0.29, 0.717) is 21.7 Å². The minimum absolute atomic E-state index is 0.0200. The second kappa shape index (κ2) is 5.34. The predicted octanol–water partition coefficient (Wildman–Crippen LogP) is 3.34. The van der Waals surface area contributed by atoms with E-state index in [1.165, 1.54) is 24.4 Å². The van der Waals surface area contributed by atoms with E-state index in [1.54, 1.807) is 18.2 Å². The first-order valence-corrected chi connectivity index (χ1v) is 6.37. The van der Waals surface area contributed by atoms with E-state index in [-0.39, 0.29) is 17.5 Å². The zero-order chi connectivity index (χ0) is 14.8. The Morgan fingerprint density at radius 2 is 2.05 bits per heavy atom. The minimum atomic E-state index is -0.0788. The Balaban J connectivity index is 1.77. The van der Waals surface area contributed by atoms with Gasteiger partial charge in [0.05, 0.1) is 6.21 Å². The van der Waals surface area contributed by atoms with Crippen LogP contribution in [0.1, 0.15) is 5.56 Å². The molecule has 0 fully saturated rings. The van der Waals surface area contributed by atoms with Gasteiger partial charge in [-0.3, -0.25) is 0 Å². The van der Waals surface area contributed by atoms with E-state index in [2.05, 4.69) is 15.5 Å². The van der Waals surface area contributed by atoms with Crippen molar-refractivity contribution in [3.8, 4) is 11.5 Å². The monoisotopic (exact) mass is 303 g/mol. The van der Waals surface area contributed by atoms with Gasteiger partial charge in [0.2, 0.25) is 0 Å². The van der Waals surface area contributed by atoms with Crippen LogP contribution in [0.2, 0.25) is 5.02 Å². The molecule has 0 amide bonds. The van der Waals surface area contributed by atoms with E-state index < -0.39 is 0 Å². The molecule has 3 aromatic rings. The molecule has 7 heteroatoms. The summed E-state index contributed by atoms with van der Waals surface area (Å²) in [4.78, 5) is 4.17. The van der Waals surface area contributed by atoms with Crippen LogP contribution < -0.4 is 5.43 Å². The molecule has 1 aromatic heterocycles. The Morgan fingerprint density at radius 1 is 1.19 bits per heavy atom. The molecule has 3 rings (SSSR count). The number of benzene rings is 2. The van der Waals surface area contributed by atoms with Gasteiger partial charge in [0.25, 0.3) is 0 Å². The molecule has 3 N–H and O–H groups in total. The lowest BCUT2D eigenvalue weighted by atomic mass is 10.2. The Kier molecular flexibility index (Phi) is 3.37. The Hall–Kier alpha value is -2.73. The maximum Gasteiger partial charge on any atom is 0.316 e. The first-order valence-electron chi connectivity index (χ1n) is 5.99. The van der Waals surface area contributed by atoms with Crippen LogP contribution in [0, 0.1) is 0 Å². The molecule has 21 heavy (non-hydrogen) atoms. The number of aromatic nitrogens is 1. The van der Waals surface area contributed by atoms with E-state index in [4.69, 9.17) is 16.0 Å². The predicted molar refractivity (Wildman–Crippen MR) is 80.0 cm³/mol. The summed E-state index contributed by atoms with van der Waals surface area (Å²) in [5.41, 5.74) is 4.27. The number of nitrogens with zero attached hydrogens (tertiary/aromatic N) is 2. The standard InChI is InChI=1S/C14H10ClN3O3/c15-9-2-4-11-13(5-9)21-14(17-11)18-16-7-8-1-3-10(19)6-12(8)20/h1-7,19-20H,(H,17,18)/b16-7+. The van der Waals surface area contributed by atoms with Crippen molar-refractivity contribution in [3.05, 3.63) is 47.0 Å². The largest absolute Gasteiger partial charge is 0.508 e. The van der Waals surface area contributed by atoms with Crippen LogP contribution in [0.25, 0.3) is 11.1 Å². The summed E-state index contributed by atoms with van der Waals surface area (Å²) in [5.74, 6) is -0.0988. The molecule has 0 radical (unpaired) electrons. The SMILES string of the molecule is Oc1ccc(/C=N/Nc2nc3ccc(Cl)cc3o2)c(O)c1. The highest BCUT2D eigenvalue weighted by molar-refractivity contribution is 6.31. The van der Waals surface area contributed by atoms with Crippen LogP contribution in [-0.2, 0) is 0 Å². The van der Waals surface area contributed by atoms with Crippen LogP contribution >= 0.6 is 11.6 Å². The van der Waals surface area contributed by atoms with Crippen molar-refractivity contribution in [2.24, 2.45) is 5.10 Å². The Morgan fingerprint density at radius 3 is 2.86 bits per heavy atom. The number of rotatable bonds is 3. The summed E-state index contributed by atoms with van der Waals surface area (Å²) in [6.07, 6.45) is 1.39. The topological polar surface area (TPSA) is 90.9 Å². The zero-order valence-corrected chi connectivity index (χ0v) is 11.4.